The van der Waals surface area contributed by atoms with E-state index in [1.165, 1.54) is 36.4 Å². The first-order chi connectivity index (χ1) is 16.4. The van der Waals surface area contributed by atoms with Gasteiger partial charge in [-0.05, 0) is 55.5 Å². The lowest BCUT2D eigenvalue weighted by molar-refractivity contribution is 0.0874. The van der Waals surface area contributed by atoms with Crippen LogP contribution in [-0.2, 0) is 0 Å². The van der Waals surface area contributed by atoms with E-state index in [1.807, 2.05) is 0 Å². The van der Waals surface area contributed by atoms with Crippen LogP contribution in [0.5, 0.6) is 5.75 Å². The quantitative estimate of drug-likeness (QED) is 0.571. The van der Waals surface area contributed by atoms with Crippen LogP contribution in [0.3, 0.4) is 0 Å². The number of benzene rings is 3. The Labute approximate surface area is 193 Å². The summed E-state index contributed by atoms with van der Waals surface area (Å²) in [6, 6.07) is 15.3. The van der Waals surface area contributed by atoms with Crippen LogP contribution >= 0.6 is 0 Å². The minimum atomic E-state index is -0.561. The average molecular weight is 455 g/mol. The fourth-order valence-electron chi connectivity index (χ4n) is 3.97. The lowest BCUT2D eigenvalue weighted by atomic mass is 10.0. The number of anilines is 2. The van der Waals surface area contributed by atoms with Crippen LogP contribution in [-0.4, -0.2) is 36.1 Å². The Kier molecular flexibility index (Phi) is 4.94. The molecule has 3 aromatic carbocycles. The number of fused-ring (bicyclic) bond motifs is 2. The number of nitrogens with zero attached hydrogens (tertiary/aromatic N) is 1. The Bertz CT molecular complexity index is 1430. The Balaban J connectivity index is 1.42. The van der Waals surface area contributed by atoms with Gasteiger partial charge < -0.3 is 10.1 Å². The van der Waals surface area contributed by atoms with Crippen molar-refractivity contribution in [3.63, 3.8) is 0 Å². The highest BCUT2D eigenvalue weighted by Gasteiger charge is 2.38. The fraction of sp³-hybridized carbons (Fsp3) is 0.0800. The number of nitrogens with one attached hydrogen (secondary N) is 2. The van der Waals surface area contributed by atoms with Gasteiger partial charge in [0.2, 0.25) is 0 Å². The van der Waals surface area contributed by atoms with Crippen molar-refractivity contribution in [1.29, 1.82) is 0 Å². The Morgan fingerprint density at radius 1 is 0.853 bits per heavy atom. The number of para-hydroxylation sites is 2. The molecule has 0 spiro atoms. The summed E-state index contributed by atoms with van der Waals surface area (Å²) >= 11 is 0. The minimum Gasteiger partial charge on any atom is -0.492 e. The van der Waals surface area contributed by atoms with Crippen molar-refractivity contribution in [3.8, 4) is 5.75 Å². The van der Waals surface area contributed by atoms with Gasteiger partial charge in [0.05, 0.1) is 34.5 Å². The van der Waals surface area contributed by atoms with Gasteiger partial charge in [-0.25, -0.2) is 4.90 Å². The summed E-state index contributed by atoms with van der Waals surface area (Å²) in [5, 5.41) is 4.84. The highest BCUT2D eigenvalue weighted by Crippen LogP contribution is 2.35. The van der Waals surface area contributed by atoms with E-state index in [-0.39, 0.29) is 27.8 Å². The van der Waals surface area contributed by atoms with E-state index in [0.29, 0.717) is 23.7 Å². The largest absolute Gasteiger partial charge is 0.492 e. The monoisotopic (exact) mass is 455 g/mol. The Hall–Kier alpha value is -4.79. The molecule has 9 nitrogen and oxygen atoms in total. The van der Waals surface area contributed by atoms with Crippen LogP contribution in [0, 0.1) is 0 Å². The van der Waals surface area contributed by atoms with E-state index >= 15 is 0 Å². The molecule has 2 aliphatic rings. The van der Waals surface area contributed by atoms with Crippen molar-refractivity contribution < 1.29 is 28.7 Å². The normalized spacial score (nSPS) is 14.1. The Morgan fingerprint density at radius 2 is 1.56 bits per heavy atom. The summed E-state index contributed by atoms with van der Waals surface area (Å²) in [6.07, 6.45) is 0. The highest BCUT2D eigenvalue weighted by atomic mass is 16.5. The number of carbonyl (C=O) groups is 5. The molecule has 0 radical (unpaired) electrons. The topological polar surface area (TPSA) is 122 Å². The molecule has 0 aliphatic carbocycles. The molecule has 5 amide bonds. The molecule has 2 N–H and O–H groups in total. The third-order valence-electron chi connectivity index (χ3n) is 5.55. The van der Waals surface area contributed by atoms with Crippen LogP contribution in [0.15, 0.2) is 60.7 Å². The number of imide groups is 2. The number of carbonyl (C=O) groups excluding carboxylic acids is 5. The van der Waals surface area contributed by atoms with Crippen molar-refractivity contribution in [2.24, 2.45) is 0 Å². The van der Waals surface area contributed by atoms with Crippen LogP contribution in [0.2, 0.25) is 0 Å². The van der Waals surface area contributed by atoms with Gasteiger partial charge in [0.15, 0.2) is 0 Å². The molecule has 3 aromatic rings. The number of ether oxygens (including phenoxy) is 1. The van der Waals surface area contributed by atoms with Gasteiger partial charge in [0, 0.05) is 11.3 Å². The third kappa shape index (κ3) is 3.30. The predicted octanol–water partition coefficient (Wildman–Crippen LogP) is 3.02. The second-order valence-corrected chi connectivity index (χ2v) is 7.60. The number of hydrogen-bond donors (Lipinski definition) is 2. The maximum Gasteiger partial charge on any atom is 0.266 e. The second kappa shape index (κ2) is 7.96. The van der Waals surface area contributed by atoms with Crippen molar-refractivity contribution in [2.75, 3.05) is 16.8 Å². The van der Waals surface area contributed by atoms with Crippen LogP contribution < -0.4 is 20.3 Å². The van der Waals surface area contributed by atoms with E-state index in [9.17, 15) is 24.0 Å². The van der Waals surface area contributed by atoms with Crippen molar-refractivity contribution in [1.82, 2.24) is 5.32 Å². The molecule has 168 valence electrons. The van der Waals surface area contributed by atoms with Crippen molar-refractivity contribution in [2.45, 2.75) is 6.92 Å². The minimum absolute atomic E-state index is 0.0999. The van der Waals surface area contributed by atoms with Crippen molar-refractivity contribution in [3.05, 3.63) is 88.5 Å². The van der Waals surface area contributed by atoms with E-state index in [2.05, 4.69) is 10.6 Å². The first-order valence-electron chi connectivity index (χ1n) is 10.4. The lowest BCUT2D eigenvalue weighted by Gasteiger charge is -2.17. The predicted molar refractivity (Wildman–Crippen MR) is 121 cm³/mol. The first kappa shape index (κ1) is 21.1. The fourth-order valence-corrected chi connectivity index (χ4v) is 3.97. The molecule has 5 rings (SSSR count). The first-order valence-corrected chi connectivity index (χ1v) is 10.4. The molecular weight excluding hydrogens is 438 g/mol. The van der Waals surface area contributed by atoms with E-state index in [1.54, 1.807) is 31.2 Å². The molecule has 2 heterocycles. The van der Waals surface area contributed by atoms with Crippen LogP contribution in [0.4, 0.5) is 11.4 Å². The summed E-state index contributed by atoms with van der Waals surface area (Å²) in [5.74, 6) is -2.24. The molecule has 0 unspecified atom stereocenters. The zero-order valence-electron chi connectivity index (χ0n) is 17.9. The van der Waals surface area contributed by atoms with Crippen LogP contribution in [0.25, 0.3) is 0 Å². The molecule has 0 bridgehead atoms. The third-order valence-corrected chi connectivity index (χ3v) is 5.55. The SMILES string of the molecule is CCOc1ccccc1N1C(=O)c2ccc(C(=O)Nc3ccc4c(c3)C(=O)NC4=O)cc2C1=O. The molecule has 0 saturated carbocycles. The Morgan fingerprint density at radius 3 is 2.35 bits per heavy atom. The average Bonchev–Trinajstić information content (AvgIpc) is 3.26. The van der Waals surface area contributed by atoms with Gasteiger partial charge in [-0.2, -0.15) is 0 Å². The number of amides is 5. The molecule has 0 aromatic heterocycles. The molecule has 0 saturated heterocycles. The summed E-state index contributed by atoms with van der Waals surface area (Å²) in [5.41, 5.74) is 1.47. The zero-order valence-corrected chi connectivity index (χ0v) is 17.9. The van der Waals surface area contributed by atoms with E-state index < -0.39 is 29.5 Å². The summed E-state index contributed by atoms with van der Waals surface area (Å²) in [4.78, 5) is 63.5. The molecule has 2 aliphatic heterocycles. The molecule has 9 heteroatoms. The van der Waals surface area contributed by atoms with E-state index in [4.69, 9.17) is 4.74 Å². The number of hydrogen-bond acceptors (Lipinski definition) is 6. The maximum atomic E-state index is 13.1. The maximum absolute atomic E-state index is 13.1. The molecule has 0 atom stereocenters. The van der Waals surface area contributed by atoms with Gasteiger partial charge in [-0.3, -0.25) is 29.3 Å². The highest BCUT2D eigenvalue weighted by molar-refractivity contribution is 6.35. The smallest absolute Gasteiger partial charge is 0.266 e. The molecular formula is C25H17N3O6. The van der Waals surface area contributed by atoms with Gasteiger partial charge in [0.25, 0.3) is 29.5 Å². The van der Waals surface area contributed by atoms with Crippen molar-refractivity contribution >= 4 is 40.9 Å². The van der Waals surface area contributed by atoms with Gasteiger partial charge >= 0.3 is 0 Å². The van der Waals surface area contributed by atoms with Gasteiger partial charge in [-0.15, -0.1) is 0 Å². The number of rotatable bonds is 5. The van der Waals surface area contributed by atoms with Gasteiger partial charge in [-0.1, -0.05) is 12.1 Å². The molecule has 0 fully saturated rings. The van der Waals surface area contributed by atoms with E-state index in [0.717, 1.165) is 4.90 Å². The van der Waals surface area contributed by atoms with Crippen LogP contribution in [0.1, 0.15) is 58.7 Å². The summed E-state index contributed by atoms with van der Waals surface area (Å²) in [7, 11) is 0. The zero-order chi connectivity index (χ0) is 24.0. The summed E-state index contributed by atoms with van der Waals surface area (Å²) in [6.45, 7) is 2.17. The van der Waals surface area contributed by atoms with Gasteiger partial charge in [0.1, 0.15) is 5.75 Å². The standard InChI is InChI=1S/C25H17N3O6/c1-2-34-20-6-4-3-5-19(20)28-24(32)16-9-7-13(11-18(16)25(28)33)21(29)26-14-8-10-15-17(12-14)23(31)27-22(15)30/h3-12H,2H2,1H3,(H,26,29)(H,27,30,31). The molecule has 34 heavy (non-hydrogen) atoms. The lowest BCUT2D eigenvalue weighted by Crippen LogP contribution is -2.29. The summed E-state index contributed by atoms with van der Waals surface area (Å²) < 4.78 is 5.56. The second-order valence-electron chi connectivity index (χ2n) is 7.60.